The van der Waals surface area contributed by atoms with Crippen LogP contribution in [0.25, 0.3) is 6.08 Å². The van der Waals surface area contributed by atoms with Gasteiger partial charge in [0, 0.05) is 5.41 Å². The number of carbonyl (C=O) groups is 1. The fourth-order valence-corrected chi connectivity index (χ4v) is 5.76. The fraction of sp³-hybridized carbons (Fsp3) is 0.500. The van der Waals surface area contributed by atoms with E-state index in [1.165, 1.54) is 31.4 Å². The first-order chi connectivity index (χ1) is 11.6. The number of rotatable bonds is 2. The van der Waals surface area contributed by atoms with Crippen LogP contribution in [-0.4, -0.2) is 11.9 Å². The summed E-state index contributed by atoms with van der Waals surface area (Å²) >= 11 is 0. The van der Waals surface area contributed by atoms with Crippen molar-refractivity contribution in [3.8, 4) is 0 Å². The number of benzene rings is 1. The van der Waals surface area contributed by atoms with Crippen molar-refractivity contribution in [2.24, 2.45) is 28.2 Å². The Bertz CT molecular complexity index is 744. The lowest BCUT2D eigenvalue weighted by atomic mass is 9.49. The molecule has 1 aromatic carbocycles. The Morgan fingerprint density at radius 2 is 1.79 bits per heavy atom. The Kier molecular flexibility index (Phi) is 3.00. The Morgan fingerprint density at radius 1 is 1.12 bits per heavy atom. The van der Waals surface area contributed by atoms with Crippen LogP contribution < -0.4 is 0 Å². The third kappa shape index (κ3) is 2.23. The monoisotopic (exact) mass is 325 g/mol. The summed E-state index contributed by atoms with van der Waals surface area (Å²) in [6, 6.07) is 6.19. The van der Waals surface area contributed by atoms with Gasteiger partial charge in [0.15, 0.2) is 5.70 Å². The van der Waals surface area contributed by atoms with E-state index in [0.717, 1.165) is 37.0 Å². The highest BCUT2D eigenvalue weighted by molar-refractivity contribution is 6.09. The molecule has 4 bridgehead atoms. The van der Waals surface area contributed by atoms with Crippen molar-refractivity contribution < 1.29 is 13.9 Å². The van der Waals surface area contributed by atoms with Crippen molar-refractivity contribution in [1.29, 1.82) is 0 Å². The molecular formula is C20H20FNO2. The topological polar surface area (TPSA) is 38.7 Å². The first-order valence-electron chi connectivity index (χ1n) is 8.88. The number of esters is 1. The van der Waals surface area contributed by atoms with Crippen LogP contribution >= 0.6 is 0 Å². The van der Waals surface area contributed by atoms with Crippen LogP contribution in [0.1, 0.15) is 44.1 Å². The van der Waals surface area contributed by atoms with Gasteiger partial charge >= 0.3 is 5.97 Å². The van der Waals surface area contributed by atoms with Gasteiger partial charge in [-0.1, -0.05) is 12.1 Å². The molecule has 5 aliphatic rings. The van der Waals surface area contributed by atoms with Crippen LogP contribution in [-0.2, 0) is 9.53 Å². The summed E-state index contributed by atoms with van der Waals surface area (Å²) in [6.07, 6.45) is 8.97. The molecule has 0 spiro atoms. The second-order valence-electron chi connectivity index (χ2n) is 8.09. The van der Waals surface area contributed by atoms with E-state index in [2.05, 4.69) is 4.99 Å². The van der Waals surface area contributed by atoms with Gasteiger partial charge in [-0.2, -0.15) is 0 Å². The van der Waals surface area contributed by atoms with E-state index in [9.17, 15) is 9.18 Å². The highest BCUT2D eigenvalue weighted by Gasteiger charge is 2.55. The fourth-order valence-electron chi connectivity index (χ4n) is 5.76. The maximum Gasteiger partial charge on any atom is 0.363 e. The van der Waals surface area contributed by atoms with Crippen molar-refractivity contribution in [1.82, 2.24) is 0 Å². The van der Waals surface area contributed by atoms with E-state index in [0.29, 0.717) is 17.2 Å². The molecule has 6 rings (SSSR count). The predicted octanol–water partition coefficient (Wildman–Crippen LogP) is 4.34. The molecule has 0 radical (unpaired) electrons. The number of halogens is 1. The molecule has 24 heavy (non-hydrogen) atoms. The zero-order valence-electron chi connectivity index (χ0n) is 13.5. The first-order valence-corrected chi connectivity index (χ1v) is 8.88. The van der Waals surface area contributed by atoms with Crippen molar-refractivity contribution in [2.45, 2.75) is 38.5 Å². The average Bonchev–Trinajstić information content (AvgIpc) is 2.88. The number of hydrogen-bond acceptors (Lipinski definition) is 3. The number of cyclic esters (lactones) is 1. The largest absolute Gasteiger partial charge is 0.406 e. The van der Waals surface area contributed by atoms with Gasteiger partial charge in [-0.05, 0) is 80.1 Å². The molecule has 0 atom stereocenters. The summed E-state index contributed by atoms with van der Waals surface area (Å²) in [5.74, 6) is 2.23. The van der Waals surface area contributed by atoms with Crippen LogP contribution in [0.5, 0.6) is 0 Å². The van der Waals surface area contributed by atoms with Gasteiger partial charge in [-0.3, -0.25) is 0 Å². The van der Waals surface area contributed by atoms with Crippen molar-refractivity contribution in [3.05, 3.63) is 41.3 Å². The van der Waals surface area contributed by atoms with E-state index >= 15 is 0 Å². The molecule has 4 fully saturated rings. The molecule has 4 heteroatoms. The van der Waals surface area contributed by atoms with E-state index in [-0.39, 0.29) is 11.2 Å². The first kappa shape index (κ1) is 14.4. The lowest BCUT2D eigenvalue weighted by Crippen LogP contribution is -2.50. The minimum atomic E-state index is -0.398. The van der Waals surface area contributed by atoms with Crippen molar-refractivity contribution in [2.75, 3.05) is 0 Å². The van der Waals surface area contributed by atoms with Gasteiger partial charge in [0.25, 0.3) is 0 Å². The van der Waals surface area contributed by atoms with Crippen LogP contribution in [0, 0.1) is 29.0 Å². The van der Waals surface area contributed by atoms with Crippen LogP contribution in [0.4, 0.5) is 4.39 Å². The summed E-state index contributed by atoms with van der Waals surface area (Å²) in [5, 5.41) is 0. The Balaban J connectivity index is 1.48. The standard InChI is InChI=1S/C20H20FNO2/c21-16-3-1-2-12(7-16)8-17-18(23)24-19(22-17)20-9-13-4-14(10-20)6-15(5-13)11-20/h1-3,7-8,13-15H,4-6,9-11H2/b17-8-. The molecule has 0 aromatic heterocycles. The molecule has 0 unspecified atom stereocenters. The zero-order chi connectivity index (χ0) is 16.3. The minimum Gasteiger partial charge on any atom is -0.406 e. The maximum atomic E-state index is 13.3. The molecule has 1 aromatic rings. The molecule has 3 nitrogen and oxygen atoms in total. The summed E-state index contributed by atoms with van der Waals surface area (Å²) in [5.41, 5.74) is 0.908. The lowest BCUT2D eigenvalue weighted by molar-refractivity contribution is -0.131. The molecule has 4 saturated carbocycles. The Labute approximate surface area is 140 Å². The molecular weight excluding hydrogens is 305 g/mol. The quantitative estimate of drug-likeness (QED) is 0.599. The van der Waals surface area contributed by atoms with Gasteiger partial charge in [0.2, 0.25) is 5.90 Å². The van der Waals surface area contributed by atoms with Crippen LogP contribution in [0.2, 0.25) is 0 Å². The predicted molar refractivity (Wildman–Crippen MR) is 88.5 cm³/mol. The third-order valence-electron chi connectivity index (χ3n) is 6.26. The van der Waals surface area contributed by atoms with Crippen molar-refractivity contribution in [3.63, 3.8) is 0 Å². The second-order valence-corrected chi connectivity index (χ2v) is 8.09. The number of ether oxygens (including phenoxy) is 1. The highest BCUT2D eigenvalue weighted by Crippen LogP contribution is 2.61. The van der Waals surface area contributed by atoms with Crippen molar-refractivity contribution >= 4 is 17.9 Å². The number of aliphatic imine (C=N–C) groups is 1. The lowest BCUT2D eigenvalue weighted by Gasteiger charge is -2.55. The average molecular weight is 325 g/mol. The molecule has 4 aliphatic carbocycles. The zero-order valence-corrected chi connectivity index (χ0v) is 13.5. The Hall–Kier alpha value is -1.97. The number of hydrogen-bond donors (Lipinski definition) is 0. The third-order valence-corrected chi connectivity index (χ3v) is 6.26. The van der Waals surface area contributed by atoms with Gasteiger partial charge < -0.3 is 4.74 Å². The summed E-state index contributed by atoms with van der Waals surface area (Å²) < 4.78 is 18.9. The molecule has 0 amide bonds. The minimum absolute atomic E-state index is 0.0259. The van der Waals surface area contributed by atoms with E-state index < -0.39 is 5.97 Å². The molecule has 124 valence electrons. The molecule has 0 saturated heterocycles. The summed E-state index contributed by atoms with van der Waals surface area (Å²) in [7, 11) is 0. The molecule has 1 aliphatic heterocycles. The second kappa shape index (κ2) is 5.01. The van der Waals surface area contributed by atoms with E-state index in [1.54, 1.807) is 18.2 Å². The normalized spacial score (nSPS) is 38.5. The number of nitrogens with zero attached hydrogens (tertiary/aromatic N) is 1. The van der Waals surface area contributed by atoms with Gasteiger partial charge in [0.1, 0.15) is 5.82 Å². The van der Waals surface area contributed by atoms with E-state index in [1.807, 2.05) is 0 Å². The van der Waals surface area contributed by atoms with Crippen LogP contribution in [0.3, 0.4) is 0 Å². The smallest absolute Gasteiger partial charge is 0.363 e. The van der Waals surface area contributed by atoms with Gasteiger partial charge in [-0.25, -0.2) is 14.2 Å². The maximum absolute atomic E-state index is 13.3. The van der Waals surface area contributed by atoms with Crippen LogP contribution in [0.15, 0.2) is 35.0 Å². The van der Waals surface area contributed by atoms with E-state index in [4.69, 9.17) is 4.74 Å². The molecule has 0 N–H and O–H groups in total. The Morgan fingerprint density at radius 3 is 2.42 bits per heavy atom. The summed E-state index contributed by atoms with van der Waals surface area (Å²) in [4.78, 5) is 16.8. The SMILES string of the molecule is O=C1OC(C23CC4CC(CC(C4)C2)C3)=N/C1=C\c1cccc(F)c1. The van der Waals surface area contributed by atoms with Gasteiger partial charge in [-0.15, -0.1) is 0 Å². The molecule has 1 heterocycles. The summed E-state index contributed by atoms with van der Waals surface area (Å²) in [6.45, 7) is 0. The van der Waals surface area contributed by atoms with Gasteiger partial charge in [0.05, 0.1) is 0 Å². The highest BCUT2D eigenvalue weighted by atomic mass is 19.1. The number of carbonyl (C=O) groups excluding carboxylic acids is 1.